The summed E-state index contributed by atoms with van der Waals surface area (Å²) in [6.45, 7) is 2.38. The van der Waals surface area contributed by atoms with Crippen molar-refractivity contribution in [2.24, 2.45) is 0 Å². The molecular formula is C19H17Cl2N3O. The molecule has 1 amide bonds. The minimum absolute atomic E-state index is 0.00882. The molecule has 25 heavy (non-hydrogen) atoms. The van der Waals surface area contributed by atoms with E-state index in [2.05, 4.69) is 10.6 Å². The maximum atomic E-state index is 12.2. The van der Waals surface area contributed by atoms with Crippen LogP contribution in [0, 0.1) is 18.3 Å². The number of halogens is 2. The number of carbonyl (C=O) groups is 1. The number of rotatable bonds is 6. The van der Waals surface area contributed by atoms with Gasteiger partial charge in [-0.05, 0) is 48.7 Å². The Morgan fingerprint density at radius 1 is 1.24 bits per heavy atom. The standard InChI is InChI=1S/C19H17Cl2N3O/c1-13-17(21)6-3-7-18(13)24-19(25)15(11-22)12-23-9-8-14-4-2-5-16(20)10-14/h2-7,10,12,23H,8-9H2,1H3,(H,24,25)/b15-12-. The zero-order valence-corrected chi connectivity index (χ0v) is 15.2. The molecule has 0 fully saturated rings. The van der Waals surface area contributed by atoms with Gasteiger partial charge in [0, 0.05) is 28.5 Å². The molecule has 2 rings (SSSR count). The van der Waals surface area contributed by atoms with Crippen LogP contribution in [0.2, 0.25) is 10.0 Å². The van der Waals surface area contributed by atoms with E-state index in [4.69, 9.17) is 23.2 Å². The number of benzene rings is 2. The molecule has 0 atom stereocenters. The first kappa shape index (κ1) is 18.9. The third-order valence-corrected chi connectivity index (χ3v) is 4.22. The molecule has 0 saturated heterocycles. The van der Waals surface area contributed by atoms with E-state index in [1.807, 2.05) is 30.3 Å². The van der Waals surface area contributed by atoms with Gasteiger partial charge in [0.1, 0.15) is 11.6 Å². The van der Waals surface area contributed by atoms with Crippen LogP contribution in [0.25, 0.3) is 0 Å². The molecule has 0 aliphatic heterocycles. The van der Waals surface area contributed by atoms with Crippen LogP contribution in [0.15, 0.2) is 54.2 Å². The van der Waals surface area contributed by atoms with Crippen molar-refractivity contribution in [3.63, 3.8) is 0 Å². The SMILES string of the molecule is Cc1c(Cl)cccc1NC(=O)/C(C#N)=C\NCCc1cccc(Cl)c1. The first-order valence-corrected chi connectivity index (χ1v) is 8.41. The molecule has 0 aromatic heterocycles. The van der Waals surface area contributed by atoms with Gasteiger partial charge in [-0.3, -0.25) is 4.79 Å². The second-order valence-corrected chi connectivity index (χ2v) is 6.21. The predicted molar refractivity (Wildman–Crippen MR) is 102 cm³/mol. The topological polar surface area (TPSA) is 64.9 Å². The number of hydrogen-bond donors (Lipinski definition) is 2. The van der Waals surface area contributed by atoms with Crippen molar-refractivity contribution in [3.8, 4) is 6.07 Å². The van der Waals surface area contributed by atoms with Crippen LogP contribution in [-0.2, 0) is 11.2 Å². The van der Waals surface area contributed by atoms with Gasteiger partial charge in [0.2, 0.25) is 0 Å². The van der Waals surface area contributed by atoms with Crippen molar-refractivity contribution in [3.05, 3.63) is 75.4 Å². The third-order valence-electron chi connectivity index (χ3n) is 3.57. The second kappa shape index (κ2) is 9.12. The van der Waals surface area contributed by atoms with Gasteiger partial charge in [0.05, 0.1) is 0 Å². The molecule has 0 spiro atoms. The Kier molecular flexibility index (Phi) is 6.88. The zero-order valence-electron chi connectivity index (χ0n) is 13.6. The van der Waals surface area contributed by atoms with Gasteiger partial charge in [0.15, 0.2) is 0 Å². The summed E-state index contributed by atoms with van der Waals surface area (Å²) in [5.74, 6) is -0.483. The van der Waals surface area contributed by atoms with E-state index in [1.165, 1.54) is 6.20 Å². The van der Waals surface area contributed by atoms with Crippen LogP contribution in [0.3, 0.4) is 0 Å². The van der Waals surface area contributed by atoms with E-state index < -0.39 is 5.91 Å². The molecule has 6 heteroatoms. The first-order valence-electron chi connectivity index (χ1n) is 7.66. The van der Waals surface area contributed by atoms with Gasteiger partial charge >= 0.3 is 0 Å². The van der Waals surface area contributed by atoms with Gasteiger partial charge in [-0.25, -0.2) is 0 Å². The molecule has 2 aromatic carbocycles. The van der Waals surface area contributed by atoms with Gasteiger partial charge in [-0.15, -0.1) is 0 Å². The number of carbonyl (C=O) groups excluding carboxylic acids is 1. The van der Waals surface area contributed by atoms with Crippen LogP contribution in [0.4, 0.5) is 5.69 Å². The Morgan fingerprint density at radius 2 is 2.00 bits per heavy atom. The summed E-state index contributed by atoms with van der Waals surface area (Å²) in [5, 5.41) is 16.1. The Bertz CT molecular complexity index is 841. The van der Waals surface area contributed by atoms with Crippen molar-refractivity contribution < 1.29 is 4.79 Å². The number of nitrogens with zero attached hydrogens (tertiary/aromatic N) is 1. The highest BCUT2D eigenvalue weighted by Gasteiger charge is 2.11. The predicted octanol–water partition coefficient (Wildman–Crippen LogP) is 4.48. The monoisotopic (exact) mass is 373 g/mol. The van der Waals surface area contributed by atoms with E-state index >= 15 is 0 Å². The molecule has 128 valence electrons. The fourth-order valence-electron chi connectivity index (χ4n) is 2.16. The lowest BCUT2D eigenvalue weighted by molar-refractivity contribution is -0.112. The maximum absolute atomic E-state index is 12.2. The average Bonchev–Trinajstić information content (AvgIpc) is 2.59. The Morgan fingerprint density at radius 3 is 2.72 bits per heavy atom. The summed E-state index contributed by atoms with van der Waals surface area (Å²) in [6.07, 6.45) is 2.14. The molecule has 0 heterocycles. The zero-order chi connectivity index (χ0) is 18.2. The van der Waals surface area contributed by atoms with E-state index in [1.54, 1.807) is 25.1 Å². The molecule has 0 aliphatic carbocycles. The Hall–Kier alpha value is -2.48. The molecule has 0 saturated carbocycles. The first-order chi connectivity index (χ1) is 12.0. The summed E-state index contributed by atoms with van der Waals surface area (Å²) in [6, 6.07) is 14.7. The van der Waals surface area contributed by atoms with Crippen LogP contribution in [-0.4, -0.2) is 12.5 Å². The molecule has 0 bridgehead atoms. The van der Waals surface area contributed by atoms with Crippen molar-refractivity contribution in [2.75, 3.05) is 11.9 Å². The van der Waals surface area contributed by atoms with Crippen LogP contribution in [0.5, 0.6) is 0 Å². The molecule has 0 radical (unpaired) electrons. The van der Waals surface area contributed by atoms with E-state index in [0.717, 1.165) is 17.5 Å². The second-order valence-electron chi connectivity index (χ2n) is 5.37. The fraction of sp³-hybridized carbons (Fsp3) is 0.158. The summed E-state index contributed by atoms with van der Waals surface area (Å²) in [7, 11) is 0. The highest BCUT2D eigenvalue weighted by molar-refractivity contribution is 6.32. The highest BCUT2D eigenvalue weighted by Crippen LogP contribution is 2.23. The van der Waals surface area contributed by atoms with E-state index in [0.29, 0.717) is 22.3 Å². The minimum Gasteiger partial charge on any atom is -0.389 e. The molecule has 0 aliphatic rings. The van der Waals surface area contributed by atoms with Crippen LogP contribution >= 0.6 is 23.2 Å². The van der Waals surface area contributed by atoms with Gasteiger partial charge < -0.3 is 10.6 Å². The summed E-state index contributed by atoms with van der Waals surface area (Å²) >= 11 is 12.0. The molecule has 2 aromatic rings. The van der Waals surface area contributed by atoms with Crippen molar-refractivity contribution in [1.82, 2.24) is 5.32 Å². The number of anilines is 1. The van der Waals surface area contributed by atoms with Gasteiger partial charge in [-0.2, -0.15) is 5.26 Å². The summed E-state index contributed by atoms with van der Waals surface area (Å²) in [4.78, 5) is 12.2. The number of nitrogens with one attached hydrogen (secondary N) is 2. The summed E-state index contributed by atoms with van der Waals surface area (Å²) in [5.41, 5.74) is 2.40. The summed E-state index contributed by atoms with van der Waals surface area (Å²) < 4.78 is 0. The lowest BCUT2D eigenvalue weighted by atomic mass is 10.1. The van der Waals surface area contributed by atoms with Crippen molar-refractivity contribution in [1.29, 1.82) is 5.26 Å². The van der Waals surface area contributed by atoms with Crippen molar-refractivity contribution in [2.45, 2.75) is 13.3 Å². The minimum atomic E-state index is -0.483. The van der Waals surface area contributed by atoms with E-state index in [-0.39, 0.29) is 5.57 Å². The molecular weight excluding hydrogens is 357 g/mol. The van der Waals surface area contributed by atoms with Crippen LogP contribution < -0.4 is 10.6 Å². The quantitative estimate of drug-likeness (QED) is 0.445. The van der Waals surface area contributed by atoms with Gasteiger partial charge in [0.25, 0.3) is 5.91 Å². The number of hydrogen-bond acceptors (Lipinski definition) is 3. The van der Waals surface area contributed by atoms with Crippen LogP contribution in [0.1, 0.15) is 11.1 Å². The van der Waals surface area contributed by atoms with E-state index in [9.17, 15) is 10.1 Å². The lowest BCUT2D eigenvalue weighted by Crippen LogP contribution is -2.18. The number of nitriles is 1. The normalized spacial score (nSPS) is 10.9. The fourth-order valence-corrected chi connectivity index (χ4v) is 2.55. The lowest BCUT2D eigenvalue weighted by Gasteiger charge is -2.09. The average molecular weight is 374 g/mol. The third kappa shape index (κ3) is 5.53. The maximum Gasteiger partial charge on any atom is 0.267 e. The molecule has 0 unspecified atom stereocenters. The smallest absolute Gasteiger partial charge is 0.267 e. The number of amides is 1. The molecule has 4 nitrogen and oxygen atoms in total. The molecule has 2 N–H and O–H groups in total. The van der Waals surface area contributed by atoms with Crippen molar-refractivity contribution >= 4 is 34.8 Å². The Labute approximate surface area is 157 Å². The Balaban J connectivity index is 1.94. The largest absolute Gasteiger partial charge is 0.389 e. The highest BCUT2D eigenvalue weighted by atomic mass is 35.5. The van der Waals surface area contributed by atoms with Gasteiger partial charge in [-0.1, -0.05) is 41.4 Å².